The fraction of sp³-hybridized carbons (Fsp3) is 0.700. The predicted molar refractivity (Wildman–Crippen MR) is 56.4 cm³/mol. The van der Waals surface area contributed by atoms with Crippen molar-refractivity contribution < 1.29 is 9.90 Å². The second-order valence-corrected chi connectivity index (χ2v) is 4.50. The molecule has 0 spiro atoms. The lowest BCUT2D eigenvalue weighted by molar-refractivity contribution is -0.147. The summed E-state index contributed by atoms with van der Waals surface area (Å²) >= 11 is 5.56. The first-order valence-electron chi connectivity index (χ1n) is 4.69. The van der Waals surface area contributed by atoms with E-state index in [-0.39, 0.29) is 0 Å². The van der Waals surface area contributed by atoms with Gasteiger partial charge in [0.25, 0.3) is 0 Å². The molecule has 14 heavy (non-hydrogen) atoms. The van der Waals surface area contributed by atoms with Crippen LogP contribution >= 0.6 is 11.6 Å². The smallest absolute Gasteiger partial charge is 0.310 e. The molecule has 1 rings (SSSR count). The highest BCUT2D eigenvalue weighted by Crippen LogP contribution is 2.30. The molecule has 0 aromatic carbocycles. The molecule has 1 aliphatic rings. The Morgan fingerprint density at radius 1 is 1.71 bits per heavy atom. The number of aliphatic carboxylic acids is 1. The van der Waals surface area contributed by atoms with Crippen LogP contribution in [-0.2, 0) is 4.79 Å². The molecule has 80 valence electrons. The molecule has 0 aromatic rings. The number of carboxylic acids is 1. The van der Waals surface area contributed by atoms with Crippen molar-refractivity contribution in [2.45, 2.75) is 20.3 Å². The maximum atomic E-state index is 11.0. The number of carbonyl (C=O) groups is 1. The molecule has 1 saturated heterocycles. The van der Waals surface area contributed by atoms with Gasteiger partial charge in [0.15, 0.2) is 0 Å². The van der Waals surface area contributed by atoms with Gasteiger partial charge in [-0.1, -0.05) is 11.6 Å². The van der Waals surface area contributed by atoms with Crippen molar-refractivity contribution in [1.29, 1.82) is 0 Å². The Bertz CT molecular complexity index is 265. The monoisotopic (exact) mass is 217 g/mol. The molecule has 4 heteroatoms. The van der Waals surface area contributed by atoms with Gasteiger partial charge in [0.2, 0.25) is 0 Å². The third-order valence-corrected chi connectivity index (χ3v) is 3.10. The van der Waals surface area contributed by atoms with Gasteiger partial charge >= 0.3 is 5.97 Å². The van der Waals surface area contributed by atoms with Crippen LogP contribution in [0.15, 0.2) is 11.1 Å². The Hall–Kier alpha value is -0.540. The Kier molecular flexibility index (Phi) is 3.56. The van der Waals surface area contributed by atoms with Gasteiger partial charge in [0.05, 0.1) is 5.41 Å². The maximum absolute atomic E-state index is 11.0. The summed E-state index contributed by atoms with van der Waals surface area (Å²) in [6, 6.07) is 0. The second-order valence-electron chi connectivity index (χ2n) is 4.28. The van der Waals surface area contributed by atoms with Crippen molar-refractivity contribution in [3.8, 4) is 0 Å². The van der Waals surface area contributed by atoms with Crippen molar-refractivity contribution in [3.63, 3.8) is 0 Å². The van der Waals surface area contributed by atoms with Gasteiger partial charge < -0.3 is 5.11 Å². The molecule has 0 bridgehead atoms. The summed E-state index contributed by atoms with van der Waals surface area (Å²) in [5, 5.41) is 9.01. The standard InChI is InChI=1S/C10H16ClNO2/c1-8(5-11)6-12-4-3-10(2,7-12)9(13)14/h5H,3-4,6-7H2,1-2H3,(H,13,14)/b8-5+. The molecule has 0 saturated carbocycles. The van der Waals surface area contributed by atoms with E-state index in [1.54, 1.807) is 12.5 Å². The van der Waals surface area contributed by atoms with Crippen molar-refractivity contribution in [3.05, 3.63) is 11.1 Å². The van der Waals surface area contributed by atoms with E-state index in [4.69, 9.17) is 16.7 Å². The summed E-state index contributed by atoms with van der Waals surface area (Å²) in [6.07, 6.45) is 0.720. The Labute approximate surface area is 89.3 Å². The molecule has 0 amide bonds. The first-order valence-corrected chi connectivity index (χ1v) is 5.13. The van der Waals surface area contributed by atoms with Crippen LogP contribution < -0.4 is 0 Å². The van der Waals surface area contributed by atoms with E-state index in [1.807, 2.05) is 6.92 Å². The molecular weight excluding hydrogens is 202 g/mol. The van der Waals surface area contributed by atoms with E-state index >= 15 is 0 Å². The minimum Gasteiger partial charge on any atom is -0.481 e. The zero-order chi connectivity index (χ0) is 10.8. The summed E-state index contributed by atoms with van der Waals surface area (Å²) in [7, 11) is 0. The number of likely N-dealkylation sites (tertiary alicyclic amines) is 1. The molecule has 1 aliphatic heterocycles. The van der Waals surface area contributed by atoms with Gasteiger partial charge in [-0.25, -0.2) is 0 Å². The predicted octanol–water partition coefficient (Wildman–Crippen LogP) is 1.93. The number of carboxylic acid groups (broad SMARTS) is 1. The molecule has 3 nitrogen and oxygen atoms in total. The van der Waals surface area contributed by atoms with Crippen molar-refractivity contribution in [2.24, 2.45) is 5.41 Å². The Morgan fingerprint density at radius 2 is 2.36 bits per heavy atom. The Balaban J connectivity index is 2.53. The van der Waals surface area contributed by atoms with E-state index in [0.717, 1.165) is 25.1 Å². The highest BCUT2D eigenvalue weighted by atomic mass is 35.5. The summed E-state index contributed by atoms with van der Waals surface area (Å²) in [6.45, 7) is 5.97. The zero-order valence-corrected chi connectivity index (χ0v) is 9.34. The molecule has 0 radical (unpaired) electrons. The van der Waals surface area contributed by atoms with Crippen LogP contribution in [0.4, 0.5) is 0 Å². The normalized spacial score (nSPS) is 29.5. The van der Waals surface area contributed by atoms with Crippen LogP contribution in [-0.4, -0.2) is 35.6 Å². The van der Waals surface area contributed by atoms with Crippen LogP contribution in [0.3, 0.4) is 0 Å². The summed E-state index contributed by atoms with van der Waals surface area (Å²) in [4.78, 5) is 13.1. The van der Waals surface area contributed by atoms with E-state index in [1.165, 1.54) is 0 Å². The summed E-state index contributed by atoms with van der Waals surface area (Å²) in [5.41, 5.74) is 2.05. The van der Waals surface area contributed by atoms with E-state index in [2.05, 4.69) is 4.90 Å². The molecule has 1 unspecified atom stereocenters. The Morgan fingerprint density at radius 3 is 2.79 bits per heavy atom. The van der Waals surface area contributed by atoms with E-state index in [9.17, 15) is 4.79 Å². The first kappa shape index (κ1) is 11.5. The van der Waals surface area contributed by atoms with Crippen LogP contribution in [0.1, 0.15) is 20.3 Å². The summed E-state index contributed by atoms with van der Waals surface area (Å²) < 4.78 is 0. The number of halogens is 1. The van der Waals surface area contributed by atoms with Crippen molar-refractivity contribution in [2.75, 3.05) is 19.6 Å². The number of hydrogen-bond donors (Lipinski definition) is 1. The fourth-order valence-corrected chi connectivity index (χ4v) is 1.82. The average molecular weight is 218 g/mol. The highest BCUT2D eigenvalue weighted by Gasteiger charge is 2.40. The lowest BCUT2D eigenvalue weighted by Gasteiger charge is -2.19. The minimum absolute atomic E-state index is 0.577. The topological polar surface area (TPSA) is 40.5 Å². The number of rotatable bonds is 3. The molecule has 0 aromatic heterocycles. The van der Waals surface area contributed by atoms with Gasteiger partial charge in [0, 0.05) is 18.6 Å². The molecule has 1 heterocycles. The maximum Gasteiger partial charge on any atom is 0.310 e. The number of nitrogens with zero attached hydrogens (tertiary/aromatic N) is 1. The van der Waals surface area contributed by atoms with Crippen molar-refractivity contribution >= 4 is 17.6 Å². The lowest BCUT2D eigenvalue weighted by Crippen LogP contribution is -2.32. The van der Waals surface area contributed by atoms with Crippen LogP contribution in [0.5, 0.6) is 0 Å². The van der Waals surface area contributed by atoms with Crippen molar-refractivity contribution in [1.82, 2.24) is 4.90 Å². The molecular formula is C10H16ClNO2. The zero-order valence-electron chi connectivity index (χ0n) is 8.59. The highest BCUT2D eigenvalue weighted by molar-refractivity contribution is 6.25. The third kappa shape index (κ3) is 2.49. The molecule has 0 aliphatic carbocycles. The van der Waals surface area contributed by atoms with E-state index < -0.39 is 11.4 Å². The first-order chi connectivity index (χ1) is 6.48. The van der Waals surface area contributed by atoms with E-state index in [0.29, 0.717) is 6.54 Å². The average Bonchev–Trinajstić information content (AvgIpc) is 2.49. The van der Waals surface area contributed by atoms with Crippen LogP contribution in [0.2, 0.25) is 0 Å². The molecule has 1 atom stereocenters. The van der Waals surface area contributed by atoms with Gasteiger partial charge in [-0.15, -0.1) is 0 Å². The van der Waals surface area contributed by atoms with Gasteiger partial charge in [-0.3, -0.25) is 9.69 Å². The van der Waals surface area contributed by atoms with Gasteiger partial charge in [-0.05, 0) is 32.4 Å². The molecule has 1 fully saturated rings. The lowest BCUT2D eigenvalue weighted by atomic mass is 9.90. The van der Waals surface area contributed by atoms with Gasteiger partial charge in [0.1, 0.15) is 0 Å². The molecule has 1 N–H and O–H groups in total. The third-order valence-electron chi connectivity index (χ3n) is 2.73. The SMILES string of the molecule is C/C(=C\Cl)CN1CCC(C)(C(=O)O)C1. The number of hydrogen-bond acceptors (Lipinski definition) is 2. The fourth-order valence-electron chi connectivity index (χ4n) is 1.75. The van der Waals surface area contributed by atoms with Gasteiger partial charge in [-0.2, -0.15) is 0 Å². The quantitative estimate of drug-likeness (QED) is 0.786. The summed E-state index contributed by atoms with van der Waals surface area (Å²) in [5.74, 6) is -0.701. The minimum atomic E-state index is -0.701. The largest absolute Gasteiger partial charge is 0.481 e. The second kappa shape index (κ2) is 4.32. The van der Waals surface area contributed by atoms with Crippen LogP contribution in [0, 0.1) is 5.41 Å². The van der Waals surface area contributed by atoms with Crippen LogP contribution in [0.25, 0.3) is 0 Å².